The summed E-state index contributed by atoms with van der Waals surface area (Å²) >= 11 is 1.42. The summed E-state index contributed by atoms with van der Waals surface area (Å²) in [5.74, 6) is 0.821. The Balaban J connectivity index is 1.64. The molecular weight excluding hydrogens is 240 g/mol. The second-order valence-corrected chi connectivity index (χ2v) is 4.69. The van der Waals surface area contributed by atoms with Gasteiger partial charge in [-0.3, -0.25) is 0 Å². The fourth-order valence-electron chi connectivity index (χ4n) is 1.82. The zero-order valence-corrected chi connectivity index (χ0v) is 9.89. The number of rotatable bonds is 2. The molecule has 2 aromatic heterocycles. The Morgan fingerprint density at radius 3 is 2.53 bits per heavy atom. The van der Waals surface area contributed by atoms with E-state index >= 15 is 0 Å². The van der Waals surface area contributed by atoms with E-state index in [0.717, 1.165) is 37.3 Å². The fraction of sp³-hybridized carbons (Fsp3) is 0.500. The second kappa shape index (κ2) is 4.17. The molecule has 0 saturated carbocycles. The van der Waals surface area contributed by atoms with Gasteiger partial charge < -0.3 is 15.5 Å². The lowest BCUT2D eigenvalue weighted by atomic mass is 10.3. The standard InChI is InChI=1S/C8H12N8S/c9-6-12-14-8(17-6)16-3-1-15(2-4-16)7-10-5-11-13-7/h5H,1-4H2,(H2,9,12)(H,10,11,13). The first-order chi connectivity index (χ1) is 8.33. The zero-order chi connectivity index (χ0) is 11.7. The Kier molecular flexibility index (Phi) is 2.52. The van der Waals surface area contributed by atoms with E-state index in [9.17, 15) is 0 Å². The van der Waals surface area contributed by atoms with E-state index in [-0.39, 0.29) is 0 Å². The minimum absolute atomic E-state index is 0.512. The van der Waals surface area contributed by atoms with E-state index < -0.39 is 0 Å². The third kappa shape index (κ3) is 2.00. The van der Waals surface area contributed by atoms with Gasteiger partial charge >= 0.3 is 0 Å². The highest BCUT2D eigenvalue weighted by Gasteiger charge is 2.21. The molecule has 2 aromatic rings. The van der Waals surface area contributed by atoms with Crippen molar-refractivity contribution in [1.29, 1.82) is 0 Å². The summed E-state index contributed by atoms with van der Waals surface area (Å²) in [5, 5.41) is 16.0. The van der Waals surface area contributed by atoms with Crippen LogP contribution in [0.1, 0.15) is 0 Å². The molecule has 90 valence electrons. The number of aromatic amines is 1. The van der Waals surface area contributed by atoms with Crippen molar-refractivity contribution >= 4 is 27.5 Å². The number of hydrogen-bond acceptors (Lipinski definition) is 8. The van der Waals surface area contributed by atoms with E-state index in [2.05, 4.69) is 35.2 Å². The van der Waals surface area contributed by atoms with Gasteiger partial charge in [-0.1, -0.05) is 11.3 Å². The monoisotopic (exact) mass is 252 g/mol. The summed E-state index contributed by atoms with van der Waals surface area (Å²) in [6.45, 7) is 3.54. The van der Waals surface area contributed by atoms with Gasteiger partial charge in [-0.15, -0.1) is 10.2 Å². The number of anilines is 3. The number of nitrogens with two attached hydrogens (primary N) is 1. The molecule has 0 aliphatic carbocycles. The minimum Gasteiger partial charge on any atom is -0.374 e. The molecule has 0 spiro atoms. The molecule has 1 aliphatic heterocycles. The Hall–Kier alpha value is -1.90. The first-order valence-electron chi connectivity index (χ1n) is 5.27. The molecule has 1 aliphatic rings. The molecule has 3 N–H and O–H groups in total. The highest BCUT2D eigenvalue weighted by molar-refractivity contribution is 7.18. The van der Waals surface area contributed by atoms with Crippen LogP contribution in [-0.2, 0) is 0 Å². The van der Waals surface area contributed by atoms with Gasteiger partial charge in [-0.2, -0.15) is 10.1 Å². The van der Waals surface area contributed by atoms with Crippen LogP contribution in [-0.4, -0.2) is 51.6 Å². The van der Waals surface area contributed by atoms with Crippen LogP contribution < -0.4 is 15.5 Å². The lowest BCUT2D eigenvalue weighted by Gasteiger charge is -2.33. The van der Waals surface area contributed by atoms with Crippen LogP contribution in [0.15, 0.2) is 6.33 Å². The highest BCUT2D eigenvalue weighted by atomic mass is 32.1. The smallest absolute Gasteiger partial charge is 0.221 e. The van der Waals surface area contributed by atoms with E-state index in [4.69, 9.17) is 5.73 Å². The van der Waals surface area contributed by atoms with Crippen molar-refractivity contribution < 1.29 is 0 Å². The van der Waals surface area contributed by atoms with Crippen molar-refractivity contribution in [3.05, 3.63) is 6.33 Å². The zero-order valence-electron chi connectivity index (χ0n) is 9.07. The van der Waals surface area contributed by atoms with Crippen LogP contribution in [0.4, 0.5) is 16.2 Å². The topological polar surface area (TPSA) is 99.8 Å². The van der Waals surface area contributed by atoms with Crippen LogP contribution in [0, 0.1) is 0 Å². The van der Waals surface area contributed by atoms with E-state index in [1.54, 1.807) is 0 Å². The highest BCUT2D eigenvalue weighted by Crippen LogP contribution is 2.23. The SMILES string of the molecule is Nc1nnc(N2CCN(c3ncn[nH]3)CC2)s1. The van der Waals surface area contributed by atoms with Crippen molar-refractivity contribution in [2.45, 2.75) is 0 Å². The van der Waals surface area contributed by atoms with Gasteiger partial charge in [0.1, 0.15) is 6.33 Å². The molecule has 0 unspecified atom stereocenters. The van der Waals surface area contributed by atoms with Crippen LogP contribution >= 0.6 is 11.3 Å². The van der Waals surface area contributed by atoms with Gasteiger partial charge in [-0.25, -0.2) is 5.10 Å². The number of nitrogen functional groups attached to an aromatic ring is 1. The summed E-state index contributed by atoms with van der Waals surface area (Å²) in [6, 6.07) is 0. The maximum absolute atomic E-state index is 5.57. The van der Waals surface area contributed by atoms with Gasteiger partial charge in [0.25, 0.3) is 0 Å². The van der Waals surface area contributed by atoms with Crippen LogP contribution in [0.25, 0.3) is 0 Å². The Morgan fingerprint density at radius 1 is 1.18 bits per heavy atom. The summed E-state index contributed by atoms with van der Waals surface area (Å²) in [6.07, 6.45) is 1.52. The number of H-pyrrole nitrogens is 1. The summed E-state index contributed by atoms with van der Waals surface area (Å²) in [4.78, 5) is 8.48. The van der Waals surface area contributed by atoms with Crippen LogP contribution in [0.2, 0.25) is 0 Å². The van der Waals surface area contributed by atoms with E-state index in [0.29, 0.717) is 5.13 Å². The molecule has 0 atom stereocenters. The van der Waals surface area contributed by atoms with Crippen molar-refractivity contribution in [1.82, 2.24) is 25.4 Å². The molecule has 0 amide bonds. The lowest BCUT2D eigenvalue weighted by Crippen LogP contribution is -2.47. The summed E-state index contributed by atoms with van der Waals surface area (Å²) in [5.41, 5.74) is 5.57. The maximum Gasteiger partial charge on any atom is 0.221 e. The van der Waals surface area contributed by atoms with Crippen molar-refractivity contribution in [3.8, 4) is 0 Å². The van der Waals surface area contributed by atoms with E-state index in [1.165, 1.54) is 17.7 Å². The molecule has 1 fully saturated rings. The first-order valence-corrected chi connectivity index (χ1v) is 6.09. The minimum atomic E-state index is 0.512. The Bertz CT molecular complexity index is 471. The number of aromatic nitrogens is 5. The van der Waals surface area contributed by atoms with Gasteiger partial charge in [0.2, 0.25) is 16.2 Å². The van der Waals surface area contributed by atoms with Gasteiger partial charge in [-0.05, 0) is 0 Å². The van der Waals surface area contributed by atoms with Gasteiger partial charge in [0, 0.05) is 26.2 Å². The third-order valence-corrected chi connectivity index (χ3v) is 3.50. The van der Waals surface area contributed by atoms with Crippen LogP contribution in [0.5, 0.6) is 0 Å². The van der Waals surface area contributed by atoms with Gasteiger partial charge in [0.05, 0.1) is 0 Å². The molecule has 1 saturated heterocycles. The molecule has 17 heavy (non-hydrogen) atoms. The maximum atomic E-state index is 5.57. The molecular formula is C8H12N8S. The number of hydrogen-bond donors (Lipinski definition) is 2. The number of nitrogens with one attached hydrogen (secondary N) is 1. The molecule has 0 bridgehead atoms. The average Bonchev–Trinajstić information content (AvgIpc) is 3.00. The predicted molar refractivity (Wildman–Crippen MR) is 65.1 cm³/mol. The molecule has 0 radical (unpaired) electrons. The first kappa shape index (κ1) is 10.3. The lowest BCUT2D eigenvalue weighted by molar-refractivity contribution is 0.638. The van der Waals surface area contributed by atoms with Crippen LogP contribution in [0.3, 0.4) is 0 Å². The summed E-state index contributed by atoms with van der Waals surface area (Å²) < 4.78 is 0. The molecule has 8 nitrogen and oxygen atoms in total. The van der Waals surface area contributed by atoms with Gasteiger partial charge in [0.15, 0.2) is 0 Å². The molecule has 0 aromatic carbocycles. The summed E-state index contributed by atoms with van der Waals surface area (Å²) in [7, 11) is 0. The Labute approximate surface area is 101 Å². The third-order valence-electron chi connectivity index (χ3n) is 2.68. The fourth-order valence-corrected chi connectivity index (χ4v) is 2.48. The number of piperazine rings is 1. The molecule has 3 heterocycles. The van der Waals surface area contributed by atoms with Crippen molar-refractivity contribution in [2.24, 2.45) is 0 Å². The predicted octanol–water partition coefficient (Wildman–Crippen LogP) is -0.435. The molecule has 9 heteroatoms. The second-order valence-electron chi connectivity index (χ2n) is 3.71. The number of nitrogens with zero attached hydrogens (tertiary/aromatic N) is 6. The molecule has 3 rings (SSSR count). The van der Waals surface area contributed by atoms with Crippen molar-refractivity contribution in [2.75, 3.05) is 41.7 Å². The normalized spacial score (nSPS) is 16.5. The quantitative estimate of drug-likeness (QED) is 0.747. The van der Waals surface area contributed by atoms with E-state index in [1.807, 2.05) is 0 Å². The average molecular weight is 252 g/mol. The van der Waals surface area contributed by atoms with Crippen molar-refractivity contribution in [3.63, 3.8) is 0 Å². The Morgan fingerprint density at radius 2 is 1.94 bits per heavy atom. The largest absolute Gasteiger partial charge is 0.374 e.